The molecule has 0 saturated carbocycles. The molecule has 0 aliphatic carbocycles. The standard InChI is InChI=1S/C19H17N5OS.ClH/c1-3-15(13-16(4-1)25-11-10-24-9-8-20-14-24)22-19-21-7-6-17(23-19)18-5-2-12-26-18;/h1-9,12-14H,10-11H2,(H,21,22,23);1H. The van der Waals surface area contributed by atoms with E-state index in [1.165, 1.54) is 0 Å². The fraction of sp³-hybridized carbons (Fsp3) is 0.105. The molecule has 0 amide bonds. The zero-order valence-corrected chi connectivity index (χ0v) is 16.0. The number of hydrogen-bond donors (Lipinski definition) is 1. The van der Waals surface area contributed by atoms with Gasteiger partial charge in [-0.15, -0.1) is 23.7 Å². The number of nitrogens with one attached hydrogen (secondary N) is 1. The van der Waals surface area contributed by atoms with E-state index in [2.05, 4.69) is 20.3 Å². The zero-order valence-electron chi connectivity index (χ0n) is 14.4. The number of aromatic nitrogens is 4. The normalized spacial score (nSPS) is 10.2. The molecule has 0 saturated heterocycles. The van der Waals surface area contributed by atoms with E-state index in [-0.39, 0.29) is 12.4 Å². The Labute approximate surface area is 167 Å². The maximum absolute atomic E-state index is 5.81. The van der Waals surface area contributed by atoms with Gasteiger partial charge in [0.05, 0.1) is 23.4 Å². The van der Waals surface area contributed by atoms with Crippen LogP contribution in [0.15, 0.2) is 72.8 Å². The van der Waals surface area contributed by atoms with Crippen molar-refractivity contribution in [3.8, 4) is 16.3 Å². The van der Waals surface area contributed by atoms with Crippen LogP contribution in [0.5, 0.6) is 5.75 Å². The summed E-state index contributed by atoms with van der Waals surface area (Å²) in [6, 6.07) is 13.7. The number of ether oxygens (including phenoxy) is 1. The third-order valence-corrected chi connectivity index (χ3v) is 4.59. The number of thiophene rings is 1. The van der Waals surface area contributed by atoms with E-state index < -0.39 is 0 Å². The van der Waals surface area contributed by atoms with Crippen molar-refractivity contribution in [2.45, 2.75) is 6.54 Å². The second kappa shape index (κ2) is 9.16. The maximum Gasteiger partial charge on any atom is 0.227 e. The Morgan fingerprint density at radius 2 is 2.07 bits per heavy atom. The minimum atomic E-state index is 0. The lowest BCUT2D eigenvalue weighted by molar-refractivity contribution is 0.298. The lowest BCUT2D eigenvalue weighted by Crippen LogP contribution is -2.06. The van der Waals surface area contributed by atoms with Crippen molar-refractivity contribution in [2.24, 2.45) is 0 Å². The lowest BCUT2D eigenvalue weighted by Gasteiger charge is -2.10. The summed E-state index contributed by atoms with van der Waals surface area (Å²) >= 11 is 1.66. The molecule has 4 aromatic rings. The van der Waals surface area contributed by atoms with Crippen LogP contribution in [-0.2, 0) is 6.54 Å². The van der Waals surface area contributed by atoms with Gasteiger partial charge in [-0.25, -0.2) is 15.0 Å². The molecule has 0 aliphatic rings. The van der Waals surface area contributed by atoms with Gasteiger partial charge >= 0.3 is 0 Å². The van der Waals surface area contributed by atoms with Crippen molar-refractivity contribution >= 4 is 35.4 Å². The Bertz CT molecular complexity index is 960. The van der Waals surface area contributed by atoms with E-state index >= 15 is 0 Å². The largest absolute Gasteiger partial charge is 0.492 e. The summed E-state index contributed by atoms with van der Waals surface area (Å²) in [5.41, 5.74) is 1.79. The Morgan fingerprint density at radius 3 is 2.89 bits per heavy atom. The van der Waals surface area contributed by atoms with Gasteiger partial charge in [0.15, 0.2) is 0 Å². The van der Waals surface area contributed by atoms with Gasteiger partial charge in [-0.05, 0) is 29.6 Å². The second-order valence-corrected chi connectivity index (χ2v) is 6.49. The first-order valence-corrected chi connectivity index (χ1v) is 9.07. The highest BCUT2D eigenvalue weighted by atomic mass is 35.5. The van der Waals surface area contributed by atoms with Crippen LogP contribution in [0.25, 0.3) is 10.6 Å². The Balaban J connectivity index is 0.00000210. The molecule has 0 fully saturated rings. The number of hydrogen-bond acceptors (Lipinski definition) is 6. The fourth-order valence-corrected chi connectivity index (χ4v) is 3.16. The predicted octanol–water partition coefficient (Wildman–Crippen LogP) is 4.65. The molecule has 8 heteroatoms. The first kappa shape index (κ1) is 18.9. The van der Waals surface area contributed by atoms with Crippen molar-refractivity contribution in [1.82, 2.24) is 19.5 Å². The number of benzene rings is 1. The van der Waals surface area contributed by atoms with Gasteiger partial charge in [-0.2, -0.15) is 0 Å². The van der Waals surface area contributed by atoms with E-state index in [4.69, 9.17) is 4.74 Å². The maximum atomic E-state index is 5.81. The van der Waals surface area contributed by atoms with Crippen molar-refractivity contribution in [3.05, 3.63) is 72.8 Å². The molecule has 0 bridgehead atoms. The molecular weight excluding hydrogens is 382 g/mol. The highest BCUT2D eigenvalue weighted by Crippen LogP contribution is 2.24. The molecular formula is C19H18ClN5OS. The van der Waals surface area contributed by atoms with Crippen LogP contribution in [0.4, 0.5) is 11.6 Å². The van der Waals surface area contributed by atoms with Crippen LogP contribution in [0, 0.1) is 0 Å². The number of imidazole rings is 1. The summed E-state index contributed by atoms with van der Waals surface area (Å²) in [4.78, 5) is 14.0. The molecule has 0 unspecified atom stereocenters. The van der Waals surface area contributed by atoms with Crippen LogP contribution >= 0.6 is 23.7 Å². The summed E-state index contributed by atoms with van der Waals surface area (Å²) in [7, 11) is 0. The third kappa shape index (κ3) is 5.06. The molecule has 3 aromatic heterocycles. The third-order valence-electron chi connectivity index (χ3n) is 3.70. The number of halogens is 1. The van der Waals surface area contributed by atoms with Gasteiger partial charge in [0.1, 0.15) is 12.4 Å². The number of rotatable bonds is 7. The van der Waals surface area contributed by atoms with Crippen molar-refractivity contribution in [1.29, 1.82) is 0 Å². The van der Waals surface area contributed by atoms with Gasteiger partial charge in [0.25, 0.3) is 0 Å². The zero-order chi connectivity index (χ0) is 17.6. The molecule has 4 rings (SSSR count). The van der Waals surface area contributed by atoms with Crippen LogP contribution in [-0.4, -0.2) is 26.1 Å². The van der Waals surface area contributed by atoms with Crippen LogP contribution < -0.4 is 10.1 Å². The average molecular weight is 400 g/mol. The first-order valence-electron chi connectivity index (χ1n) is 8.19. The molecule has 1 N–H and O–H groups in total. The average Bonchev–Trinajstić information content (AvgIpc) is 3.37. The Kier molecular flexibility index (Phi) is 6.40. The van der Waals surface area contributed by atoms with E-state index in [1.54, 1.807) is 30.1 Å². The summed E-state index contributed by atoms with van der Waals surface area (Å²) in [5.74, 6) is 1.36. The summed E-state index contributed by atoms with van der Waals surface area (Å²) < 4.78 is 7.79. The van der Waals surface area contributed by atoms with Gasteiger partial charge in [-0.1, -0.05) is 12.1 Å². The van der Waals surface area contributed by atoms with Crippen molar-refractivity contribution in [2.75, 3.05) is 11.9 Å². The summed E-state index contributed by atoms with van der Waals surface area (Å²) in [5, 5.41) is 5.27. The SMILES string of the molecule is Cl.c1cc(Nc2nccc(-c3cccs3)n2)cc(OCCn2ccnc2)c1. The molecule has 0 radical (unpaired) electrons. The molecule has 3 heterocycles. The molecule has 0 spiro atoms. The molecule has 0 aliphatic heterocycles. The van der Waals surface area contributed by atoms with Crippen molar-refractivity contribution in [3.63, 3.8) is 0 Å². The number of anilines is 2. The highest BCUT2D eigenvalue weighted by molar-refractivity contribution is 7.13. The summed E-state index contributed by atoms with van der Waals surface area (Å²) in [6.45, 7) is 1.33. The van der Waals surface area contributed by atoms with E-state index in [9.17, 15) is 0 Å². The fourth-order valence-electron chi connectivity index (χ4n) is 2.46. The topological polar surface area (TPSA) is 64.9 Å². The summed E-state index contributed by atoms with van der Waals surface area (Å²) in [6.07, 6.45) is 7.21. The van der Waals surface area contributed by atoms with Crippen molar-refractivity contribution < 1.29 is 4.74 Å². The molecule has 138 valence electrons. The van der Waals surface area contributed by atoms with Crippen LogP contribution in [0.3, 0.4) is 0 Å². The Morgan fingerprint density at radius 1 is 1.11 bits per heavy atom. The van der Waals surface area contributed by atoms with E-state index in [0.717, 1.165) is 28.6 Å². The monoisotopic (exact) mass is 399 g/mol. The second-order valence-electron chi connectivity index (χ2n) is 5.54. The quantitative estimate of drug-likeness (QED) is 0.490. The predicted molar refractivity (Wildman–Crippen MR) is 110 cm³/mol. The van der Waals surface area contributed by atoms with Gasteiger partial charge in [0, 0.05) is 30.3 Å². The molecule has 27 heavy (non-hydrogen) atoms. The first-order chi connectivity index (χ1) is 12.9. The number of nitrogens with zero attached hydrogens (tertiary/aromatic N) is 4. The lowest BCUT2D eigenvalue weighted by atomic mass is 10.3. The van der Waals surface area contributed by atoms with Crippen LogP contribution in [0.1, 0.15) is 0 Å². The van der Waals surface area contributed by atoms with Gasteiger partial charge in [-0.3, -0.25) is 0 Å². The van der Waals surface area contributed by atoms with Gasteiger partial charge < -0.3 is 14.6 Å². The minimum Gasteiger partial charge on any atom is -0.492 e. The highest BCUT2D eigenvalue weighted by Gasteiger charge is 2.04. The Hall–Kier alpha value is -2.90. The smallest absolute Gasteiger partial charge is 0.227 e. The molecule has 0 atom stereocenters. The molecule has 1 aromatic carbocycles. The minimum absolute atomic E-state index is 0. The van der Waals surface area contributed by atoms with Crippen LogP contribution in [0.2, 0.25) is 0 Å². The van der Waals surface area contributed by atoms with E-state index in [0.29, 0.717) is 12.6 Å². The van der Waals surface area contributed by atoms with Gasteiger partial charge in [0.2, 0.25) is 5.95 Å². The molecule has 6 nitrogen and oxygen atoms in total. The van der Waals surface area contributed by atoms with E-state index in [1.807, 2.05) is 58.6 Å².